The summed E-state index contributed by atoms with van der Waals surface area (Å²) in [4.78, 5) is 13.3. The highest BCUT2D eigenvalue weighted by Gasteiger charge is 2.17. The second-order valence-electron chi connectivity index (χ2n) is 5.01. The van der Waals surface area contributed by atoms with Crippen LogP contribution >= 0.6 is 0 Å². The number of carbonyl (C=O) groups is 1. The summed E-state index contributed by atoms with van der Waals surface area (Å²) >= 11 is 0. The molecule has 0 aliphatic carbocycles. The first kappa shape index (κ1) is 17.7. The molecule has 0 saturated carbocycles. The molecule has 0 amide bonds. The van der Waals surface area contributed by atoms with Gasteiger partial charge in [-0.25, -0.2) is 0 Å². The number of likely N-dealkylation sites (N-methyl/N-ethyl adjacent to an activating group) is 1. The Balaban J connectivity index is 0. The summed E-state index contributed by atoms with van der Waals surface area (Å²) in [5, 5.41) is 0. The van der Waals surface area contributed by atoms with E-state index in [1.54, 1.807) is 6.92 Å². The Morgan fingerprint density at radius 2 is 1.62 bits per heavy atom. The highest BCUT2D eigenvalue weighted by molar-refractivity contribution is 5.95. The van der Waals surface area contributed by atoms with E-state index in [9.17, 15) is 4.79 Å². The molecule has 0 aromatic rings. The first-order chi connectivity index (χ1) is 7.16. The van der Waals surface area contributed by atoms with Crippen molar-refractivity contribution in [2.24, 2.45) is 0 Å². The van der Waals surface area contributed by atoms with Crippen LogP contribution in [0.2, 0.25) is 0 Å². The number of carbonyl (C=O) groups excluding carboxylic acids is 1. The number of Topliss-reactive ketones (excluding diaryl/α,β-unsaturated/α-hetero) is 1. The zero-order valence-electron chi connectivity index (χ0n) is 12.1. The van der Waals surface area contributed by atoms with Crippen molar-refractivity contribution in [1.29, 1.82) is 0 Å². The van der Waals surface area contributed by atoms with Crippen molar-refractivity contribution < 1.29 is 9.28 Å². The van der Waals surface area contributed by atoms with Crippen molar-refractivity contribution in [3.05, 3.63) is 12.2 Å². The molecule has 0 aromatic carbocycles. The molecular formula is C13H29N2O+. The van der Waals surface area contributed by atoms with Gasteiger partial charge in [-0.2, -0.15) is 0 Å². The van der Waals surface area contributed by atoms with Gasteiger partial charge in [0.05, 0.1) is 20.6 Å². The van der Waals surface area contributed by atoms with Gasteiger partial charge in [0.15, 0.2) is 0 Å². The monoisotopic (exact) mass is 229 g/mol. The third-order valence-corrected chi connectivity index (χ3v) is 2.54. The summed E-state index contributed by atoms with van der Waals surface area (Å²) in [5.74, 6) is 0.164. The third-order valence-electron chi connectivity index (χ3n) is 2.54. The lowest BCUT2D eigenvalue weighted by molar-refractivity contribution is -0.880. The molecule has 0 rings (SSSR count). The zero-order valence-corrected chi connectivity index (χ0v) is 12.1. The first-order valence-corrected chi connectivity index (χ1v) is 5.81. The molecule has 0 N–H and O–H groups in total. The van der Waals surface area contributed by atoms with Gasteiger partial charge in [-0.15, -0.1) is 0 Å². The van der Waals surface area contributed by atoms with Gasteiger partial charge in [0, 0.05) is 0 Å². The summed E-state index contributed by atoms with van der Waals surface area (Å²) in [6.07, 6.45) is 0. The van der Waals surface area contributed by atoms with E-state index in [1.165, 1.54) is 0 Å². The largest absolute Gasteiger partial charge is 0.322 e. The average molecular weight is 229 g/mol. The molecule has 16 heavy (non-hydrogen) atoms. The standard InChI is InChI=1S/C9H18NO.C4H11N/c1-6-10(4,5)7-9(11)8(2)3;1-4-5(2)3/h2,6-7H2,1,3-5H3;4H2,1-3H3/q+1;. The SMILES string of the molecule is C=C(C)C(=O)C[N+](C)(C)CC.CCN(C)C. The Morgan fingerprint density at radius 1 is 1.25 bits per heavy atom. The van der Waals surface area contributed by atoms with E-state index in [1.807, 2.05) is 14.1 Å². The van der Waals surface area contributed by atoms with Crippen molar-refractivity contribution in [2.75, 3.05) is 47.8 Å². The maximum Gasteiger partial charge on any atom is 0.212 e. The normalized spacial score (nSPS) is 10.8. The van der Waals surface area contributed by atoms with Gasteiger partial charge >= 0.3 is 0 Å². The molecule has 0 atom stereocenters. The maximum absolute atomic E-state index is 11.2. The maximum atomic E-state index is 11.2. The van der Waals surface area contributed by atoms with Crippen LogP contribution in [0.4, 0.5) is 0 Å². The summed E-state index contributed by atoms with van der Waals surface area (Å²) in [5.41, 5.74) is 0.657. The lowest BCUT2D eigenvalue weighted by Crippen LogP contribution is -2.43. The van der Waals surface area contributed by atoms with Crippen molar-refractivity contribution in [1.82, 2.24) is 4.90 Å². The highest BCUT2D eigenvalue weighted by Crippen LogP contribution is 1.99. The highest BCUT2D eigenvalue weighted by atomic mass is 16.1. The van der Waals surface area contributed by atoms with Crippen LogP contribution in [-0.2, 0) is 4.79 Å². The Bertz CT molecular complexity index is 220. The molecule has 0 heterocycles. The first-order valence-electron chi connectivity index (χ1n) is 5.81. The van der Waals surface area contributed by atoms with Gasteiger partial charge in [-0.1, -0.05) is 13.5 Å². The van der Waals surface area contributed by atoms with Crippen molar-refractivity contribution in [3.63, 3.8) is 0 Å². The Kier molecular flexibility index (Phi) is 9.39. The van der Waals surface area contributed by atoms with E-state index in [0.29, 0.717) is 12.1 Å². The van der Waals surface area contributed by atoms with Crippen LogP contribution in [0.15, 0.2) is 12.2 Å². The molecule has 3 nitrogen and oxygen atoms in total. The number of ketones is 1. The van der Waals surface area contributed by atoms with Crippen LogP contribution < -0.4 is 0 Å². The lowest BCUT2D eigenvalue weighted by atomic mass is 10.2. The fourth-order valence-electron chi connectivity index (χ4n) is 0.636. The Labute approximate surface area is 101 Å². The number of quaternary nitrogens is 1. The lowest BCUT2D eigenvalue weighted by Gasteiger charge is -2.27. The average Bonchev–Trinajstić information content (AvgIpc) is 2.18. The van der Waals surface area contributed by atoms with Crippen LogP contribution in [0.3, 0.4) is 0 Å². The van der Waals surface area contributed by atoms with Gasteiger partial charge in [0.25, 0.3) is 0 Å². The summed E-state index contributed by atoms with van der Waals surface area (Å²) in [6.45, 7) is 12.2. The molecule has 0 aliphatic rings. The van der Waals surface area contributed by atoms with Gasteiger partial charge in [-0.05, 0) is 40.1 Å². The van der Waals surface area contributed by atoms with Gasteiger partial charge < -0.3 is 9.38 Å². The Morgan fingerprint density at radius 3 is 1.81 bits per heavy atom. The number of nitrogens with zero attached hydrogens (tertiary/aromatic N) is 2. The molecule has 0 radical (unpaired) electrons. The minimum absolute atomic E-state index is 0.164. The van der Waals surface area contributed by atoms with E-state index < -0.39 is 0 Å². The van der Waals surface area contributed by atoms with Gasteiger partial charge in [-0.3, -0.25) is 4.79 Å². The van der Waals surface area contributed by atoms with Crippen LogP contribution in [0.25, 0.3) is 0 Å². The molecule has 0 aliphatic heterocycles. The zero-order chi connectivity index (χ0) is 13.4. The molecule has 0 aromatic heterocycles. The fourth-order valence-corrected chi connectivity index (χ4v) is 0.636. The second kappa shape index (κ2) is 8.48. The van der Waals surface area contributed by atoms with Gasteiger partial charge in [0.2, 0.25) is 5.78 Å². The van der Waals surface area contributed by atoms with Crippen molar-refractivity contribution >= 4 is 5.78 Å². The summed E-state index contributed by atoms with van der Waals surface area (Å²) in [7, 11) is 8.20. The molecule has 0 saturated heterocycles. The molecule has 0 fully saturated rings. The number of hydrogen-bond donors (Lipinski definition) is 0. The topological polar surface area (TPSA) is 20.3 Å². The summed E-state index contributed by atoms with van der Waals surface area (Å²) < 4.78 is 0.742. The van der Waals surface area contributed by atoms with Crippen molar-refractivity contribution in [3.8, 4) is 0 Å². The molecular weight excluding hydrogens is 200 g/mol. The Hall–Kier alpha value is -0.670. The quantitative estimate of drug-likeness (QED) is 0.529. The number of rotatable bonds is 5. The molecule has 96 valence electrons. The van der Waals surface area contributed by atoms with Crippen LogP contribution in [-0.4, -0.2) is 63.0 Å². The minimum atomic E-state index is 0.164. The summed E-state index contributed by atoms with van der Waals surface area (Å²) in [6, 6.07) is 0. The smallest absolute Gasteiger partial charge is 0.212 e. The van der Waals surface area contributed by atoms with E-state index in [0.717, 1.165) is 17.6 Å². The predicted octanol–water partition coefficient (Wildman–Crippen LogP) is 1.80. The number of hydrogen-bond acceptors (Lipinski definition) is 2. The fraction of sp³-hybridized carbons (Fsp3) is 0.769. The second-order valence-corrected chi connectivity index (χ2v) is 5.01. The van der Waals surface area contributed by atoms with E-state index in [-0.39, 0.29) is 5.78 Å². The van der Waals surface area contributed by atoms with Gasteiger partial charge in [0.1, 0.15) is 6.54 Å². The molecule has 3 heteroatoms. The van der Waals surface area contributed by atoms with Crippen LogP contribution in [0, 0.1) is 0 Å². The minimum Gasteiger partial charge on any atom is -0.322 e. The van der Waals surface area contributed by atoms with Crippen molar-refractivity contribution in [2.45, 2.75) is 20.8 Å². The van der Waals surface area contributed by atoms with Crippen LogP contribution in [0.1, 0.15) is 20.8 Å². The van der Waals surface area contributed by atoms with E-state index >= 15 is 0 Å². The third kappa shape index (κ3) is 11.4. The molecule has 0 unspecified atom stereocenters. The molecule has 0 spiro atoms. The van der Waals surface area contributed by atoms with Crippen LogP contribution in [0.5, 0.6) is 0 Å². The predicted molar refractivity (Wildman–Crippen MR) is 71.6 cm³/mol. The molecule has 0 bridgehead atoms. The van der Waals surface area contributed by atoms with E-state index in [4.69, 9.17) is 0 Å². The van der Waals surface area contributed by atoms with E-state index in [2.05, 4.69) is 39.4 Å².